The van der Waals surface area contributed by atoms with Crippen molar-refractivity contribution >= 4 is 23.2 Å². The van der Waals surface area contributed by atoms with Gasteiger partial charge in [-0.15, -0.1) is 11.3 Å². The predicted octanol–water partition coefficient (Wildman–Crippen LogP) is 5.08. The predicted molar refractivity (Wildman–Crippen MR) is 127 cm³/mol. The molecule has 0 radical (unpaired) electrons. The highest BCUT2D eigenvalue weighted by molar-refractivity contribution is 7.10. The standard InChI is InChI=1S/C26H26F2N2O3S/c1-17(2)30(26(32)18-5-3-6-19(27)13-18)15-25(31)29-11-9-24-22(10-12-34-24)23(29)16-33-21-8-4-7-20(28)14-21/h3-8,10,12-14,17,23H,9,11,15-16H2,1-2H3. The van der Waals surface area contributed by atoms with Crippen molar-refractivity contribution in [3.63, 3.8) is 0 Å². The molecule has 0 fully saturated rings. The van der Waals surface area contributed by atoms with E-state index >= 15 is 0 Å². The van der Waals surface area contributed by atoms with Crippen molar-refractivity contribution in [2.75, 3.05) is 19.7 Å². The first-order valence-electron chi connectivity index (χ1n) is 11.1. The van der Waals surface area contributed by atoms with E-state index in [0.29, 0.717) is 18.7 Å². The smallest absolute Gasteiger partial charge is 0.254 e. The third-order valence-corrected chi connectivity index (χ3v) is 6.88. The van der Waals surface area contributed by atoms with Gasteiger partial charge in [0.15, 0.2) is 0 Å². The summed E-state index contributed by atoms with van der Waals surface area (Å²) in [6, 6.07) is 12.7. The Morgan fingerprint density at radius 2 is 1.85 bits per heavy atom. The van der Waals surface area contributed by atoms with Crippen LogP contribution in [0.2, 0.25) is 0 Å². The lowest BCUT2D eigenvalue weighted by molar-refractivity contribution is -0.136. The minimum atomic E-state index is -0.503. The number of ether oxygens (including phenoxy) is 1. The topological polar surface area (TPSA) is 49.9 Å². The van der Waals surface area contributed by atoms with Gasteiger partial charge in [-0.25, -0.2) is 8.78 Å². The molecular weight excluding hydrogens is 458 g/mol. The number of rotatable bonds is 7. The van der Waals surface area contributed by atoms with E-state index in [-0.39, 0.29) is 36.7 Å². The molecule has 1 unspecified atom stereocenters. The van der Waals surface area contributed by atoms with Crippen LogP contribution in [-0.4, -0.2) is 47.4 Å². The zero-order chi connectivity index (χ0) is 24.2. The van der Waals surface area contributed by atoms with Crippen molar-refractivity contribution in [1.29, 1.82) is 0 Å². The van der Waals surface area contributed by atoms with E-state index in [2.05, 4.69) is 0 Å². The summed E-state index contributed by atoms with van der Waals surface area (Å²) in [5, 5.41) is 1.99. The quantitative estimate of drug-likeness (QED) is 0.470. The van der Waals surface area contributed by atoms with Gasteiger partial charge in [0.1, 0.15) is 30.5 Å². The van der Waals surface area contributed by atoms with Gasteiger partial charge in [0.05, 0.1) is 6.04 Å². The van der Waals surface area contributed by atoms with Gasteiger partial charge in [-0.1, -0.05) is 12.1 Å². The molecule has 0 saturated carbocycles. The van der Waals surface area contributed by atoms with Crippen LogP contribution in [0.25, 0.3) is 0 Å². The maximum absolute atomic E-state index is 13.7. The molecule has 1 atom stereocenters. The lowest BCUT2D eigenvalue weighted by atomic mass is 10.00. The Labute approximate surface area is 201 Å². The van der Waals surface area contributed by atoms with Crippen LogP contribution >= 0.6 is 11.3 Å². The molecule has 0 spiro atoms. The number of fused-ring (bicyclic) bond motifs is 1. The Morgan fingerprint density at radius 1 is 1.12 bits per heavy atom. The van der Waals surface area contributed by atoms with Gasteiger partial charge in [0, 0.05) is 29.1 Å². The fraction of sp³-hybridized carbons (Fsp3) is 0.308. The van der Waals surface area contributed by atoms with Crippen molar-refractivity contribution in [3.8, 4) is 5.75 Å². The van der Waals surface area contributed by atoms with Crippen LogP contribution in [0.3, 0.4) is 0 Å². The lowest BCUT2D eigenvalue weighted by Crippen LogP contribution is -2.49. The Hall–Kier alpha value is -3.26. The Morgan fingerprint density at radius 3 is 2.56 bits per heavy atom. The summed E-state index contributed by atoms with van der Waals surface area (Å²) in [5.74, 6) is -1.13. The molecule has 0 aliphatic carbocycles. The van der Waals surface area contributed by atoms with Crippen LogP contribution in [0.15, 0.2) is 60.0 Å². The molecule has 0 bridgehead atoms. The third-order valence-electron chi connectivity index (χ3n) is 5.88. The molecule has 0 N–H and O–H groups in total. The number of nitrogens with zero attached hydrogens (tertiary/aromatic N) is 2. The average molecular weight is 485 g/mol. The van der Waals surface area contributed by atoms with E-state index < -0.39 is 17.5 Å². The van der Waals surface area contributed by atoms with Gasteiger partial charge in [-0.3, -0.25) is 9.59 Å². The van der Waals surface area contributed by atoms with E-state index in [1.165, 1.54) is 40.1 Å². The molecule has 2 aromatic carbocycles. The summed E-state index contributed by atoms with van der Waals surface area (Å²) in [7, 11) is 0. The number of hydrogen-bond donors (Lipinski definition) is 0. The van der Waals surface area contributed by atoms with Crippen molar-refractivity contribution in [2.24, 2.45) is 0 Å². The molecule has 8 heteroatoms. The molecule has 1 aliphatic heterocycles. The van der Waals surface area contributed by atoms with Gasteiger partial charge >= 0.3 is 0 Å². The normalized spacial score (nSPS) is 15.2. The van der Waals surface area contributed by atoms with Crippen LogP contribution in [0.1, 0.15) is 40.7 Å². The van der Waals surface area contributed by atoms with E-state index in [9.17, 15) is 18.4 Å². The first kappa shape index (κ1) is 23.9. The van der Waals surface area contributed by atoms with E-state index in [4.69, 9.17) is 4.74 Å². The second kappa shape index (κ2) is 10.3. The monoisotopic (exact) mass is 484 g/mol. The summed E-state index contributed by atoms with van der Waals surface area (Å²) in [5.41, 5.74) is 1.21. The van der Waals surface area contributed by atoms with Gasteiger partial charge in [-0.2, -0.15) is 0 Å². The molecule has 2 heterocycles. The summed E-state index contributed by atoms with van der Waals surface area (Å²) in [6.45, 7) is 4.16. The number of hydrogen-bond acceptors (Lipinski definition) is 4. The summed E-state index contributed by atoms with van der Waals surface area (Å²) in [6.07, 6.45) is 0.717. The summed E-state index contributed by atoms with van der Waals surface area (Å²) >= 11 is 1.64. The third kappa shape index (κ3) is 5.28. The van der Waals surface area contributed by atoms with Crippen LogP contribution < -0.4 is 4.74 Å². The highest BCUT2D eigenvalue weighted by Crippen LogP contribution is 2.34. The molecule has 4 rings (SSSR count). The molecular formula is C26H26F2N2O3S. The second-order valence-electron chi connectivity index (χ2n) is 8.46. The minimum Gasteiger partial charge on any atom is -0.491 e. The Balaban J connectivity index is 1.54. The van der Waals surface area contributed by atoms with Crippen molar-refractivity contribution in [1.82, 2.24) is 9.80 Å². The van der Waals surface area contributed by atoms with Gasteiger partial charge in [-0.05, 0) is 67.6 Å². The molecule has 1 aromatic heterocycles. The maximum atomic E-state index is 13.7. The largest absolute Gasteiger partial charge is 0.491 e. The Bertz CT molecular complexity index is 1180. The van der Waals surface area contributed by atoms with Crippen LogP contribution in [0.5, 0.6) is 5.75 Å². The number of carbonyl (C=O) groups excluding carboxylic acids is 2. The average Bonchev–Trinajstić information content (AvgIpc) is 3.29. The van der Waals surface area contributed by atoms with Crippen molar-refractivity contribution in [3.05, 3.63) is 87.6 Å². The number of halogens is 2. The lowest BCUT2D eigenvalue weighted by Gasteiger charge is -2.37. The number of thiophene rings is 1. The van der Waals surface area contributed by atoms with E-state index in [1.54, 1.807) is 34.4 Å². The molecule has 1 aliphatic rings. The molecule has 2 amide bonds. The zero-order valence-corrected chi connectivity index (χ0v) is 19.9. The van der Waals surface area contributed by atoms with Gasteiger partial charge in [0.2, 0.25) is 5.91 Å². The first-order valence-corrected chi connectivity index (χ1v) is 12.0. The van der Waals surface area contributed by atoms with Crippen molar-refractivity contribution < 1.29 is 23.1 Å². The zero-order valence-electron chi connectivity index (χ0n) is 19.0. The van der Waals surface area contributed by atoms with Crippen LogP contribution in [0, 0.1) is 11.6 Å². The molecule has 3 aromatic rings. The van der Waals surface area contributed by atoms with Gasteiger partial charge in [0.25, 0.3) is 5.91 Å². The second-order valence-corrected chi connectivity index (χ2v) is 9.46. The highest BCUT2D eigenvalue weighted by atomic mass is 32.1. The SMILES string of the molecule is CC(C)N(CC(=O)N1CCc2sccc2C1COc1cccc(F)c1)C(=O)c1cccc(F)c1. The summed E-state index contributed by atoms with van der Waals surface area (Å²) in [4.78, 5) is 30.9. The molecule has 0 saturated heterocycles. The van der Waals surface area contributed by atoms with E-state index in [1.807, 2.05) is 25.3 Å². The number of carbonyl (C=O) groups is 2. The van der Waals surface area contributed by atoms with Crippen LogP contribution in [0.4, 0.5) is 8.78 Å². The fourth-order valence-electron chi connectivity index (χ4n) is 4.12. The minimum absolute atomic E-state index is 0.136. The molecule has 178 valence electrons. The van der Waals surface area contributed by atoms with E-state index in [0.717, 1.165) is 5.56 Å². The molecule has 5 nitrogen and oxygen atoms in total. The van der Waals surface area contributed by atoms with Crippen LogP contribution in [-0.2, 0) is 11.2 Å². The Kier molecular flexibility index (Phi) is 7.26. The van der Waals surface area contributed by atoms with Crippen molar-refractivity contribution in [2.45, 2.75) is 32.4 Å². The first-order chi connectivity index (χ1) is 16.3. The fourth-order valence-corrected chi connectivity index (χ4v) is 5.05. The highest BCUT2D eigenvalue weighted by Gasteiger charge is 2.34. The van der Waals surface area contributed by atoms with Gasteiger partial charge < -0.3 is 14.5 Å². The molecule has 34 heavy (non-hydrogen) atoms. The number of amides is 2. The summed E-state index contributed by atoms with van der Waals surface area (Å²) < 4.78 is 33.1. The maximum Gasteiger partial charge on any atom is 0.254 e. The number of benzene rings is 2.